The van der Waals surface area contributed by atoms with Gasteiger partial charge in [-0.15, -0.1) is 11.3 Å². The number of nitrogens with zero attached hydrogens (tertiary/aromatic N) is 2. The first-order valence-corrected chi connectivity index (χ1v) is 7.79. The Balaban J connectivity index is 1.56. The maximum atomic E-state index is 11.9. The predicted molar refractivity (Wildman–Crippen MR) is 89.6 cm³/mol. The van der Waals surface area contributed by atoms with Crippen LogP contribution >= 0.6 is 11.3 Å². The molecule has 0 radical (unpaired) electrons. The fourth-order valence-electron chi connectivity index (χ4n) is 1.98. The van der Waals surface area contributed by atoms with Gasteiger partial charge in [-0.05, 0) is 35.7 Å². The van der Waals surface area contributed by atoms with Gasteiger partial charge in [0.05, 0.1) is 11.2 Å². The first kappa shape index (κ1) is 15.0. The minimum atomic E-state index is -0.142. The molecule has 0 aliphatic rings. The highest BCUT2D eigenvalue weighted by Crippen LogP contribution is 2.16. The molecule has 2 heterocycles. The van der Waals surface area contributed by atoms with E-state index in [-0.39, 0.29) is 18.4 Å². The van der Waals surface area contributed by atoms with Gasteiger partial charge in [0.1, 0.15) is 6.54 Å². The summed E-state index contributed by atoms with van der Waals surface area (Å²) in [5.41, 5.74) is 1.35. The van der Waals surface area contributed by atoms with Gasteiger partial charge in [-0.2, -0.15) is 0 Å². The summed E-state index contributed by atoms with van der Waals surface area (Å²) in [5, 5.41) is 7.45. The Morgan fingerprint density at radius 2 is 1.83 bits per heavy atom. The van der Waals surface area contributed by atoms with Crippen molar-refractivity contribution in [2.24, 2.45) is 0 Å². The molecule has 7 heteroatoms. The highest BCUT2D eigenvalue weighted by molar-refractivity contribution is 7.12. The van der Waals surface area contributed by atoms with Gasteiger partial charge < -0.3 is 15.2 Å². The minimum absolute atomic E-state index is 0.140. The standard InChI is InChI=1S/C16H14N4O2S/c21-15(10-20-8-7-17-11-20)18-12-3-5-13(6-4-12)19-16(22)14-2-1-9-23-14/h1-9,11H,10H2,(H,18,21)(H,19,22). The van der Waals surface area contributed by atoms with Crippen LogP contribution in [0, 0.1) is 0 Å². The summed E-state index contributed by atoms with van der Waals surface area (Å²) in [7, 11) is 0. The topological polar surface area (TPSA) is 76.0 Å². The number of aromatic nitrogens is 2. The Labute approximate surface area is 136 Å². The van der Waals surface area contributed by atoms with Crippen molar-refractivity contribution in [3.8, 4) is 0 Å². The van der Waals surface area contributed by atoms with Gasteiger partial charge in [0.15, 0.2) is 0 Å². The second-order valence-electron chi connectivity index (χ2n) is 4.79. The van der Waals surface area contributed by atoms with Crippen molar-refractivity contribution in [3.05, 3.63) is 65.4 Å². The molecule has 0 fully saturated rings. The highest BCUT2D eigenvalue weighted by atomic mass is 32.1. The minimum Gasteiger partial charge on any atom is -0.328 e. The van der Waals surface area contributed by atoms with Crippen LogP contribution in [0.15, 0.2) is 60.5 Å². The van der Waals surface area contributed by atoms with Crippen LogP contribution < -0.4 is 10.6 Å². The van der Waals surface area contributed by atoms with Crippen molar-refractivity contribution >= 4 is 34.5 Å². The van der Waals surface area contributed by atoms with Crippen molar-refractivity contribution in [3.63, 3.8) is 0 Å². The molecule has 0 aliphatic carbocycles. The van der Waals surface area contributed by atoms with Crippen molar-refractivity contribution in [1.29, 1.82) is 0 Å². The maximum absolute atomic E-state index is 11.9. The highest BCUT2D eigenvalue weighted by Gasteiger charge is 2.07. The lowest BCUT2D eigenvalue weighted by Crippen LogP contribution is -2.17. The third kappa shape index (κ3) is 4.04. The SMILES string of the molecule is O=C(Cn1ccnc1)Nc1ccc(NC(=O)c2cccs2)cc1. The molecule has 1 aromatic carbocycles. The fourth-order valence-corrected chi connectivity index (χ4v) is 2.60. The second-order valence-corrected chi connectivity index (χ2v) is 5.74. The van der Waals surface area contributed by atoms with Crippen molar-refractivity contribution < 1.29 is 9.59 Å². The molecule has 0 atom stereocenters. The zero-order valence-electron chi connectivity index (χ0n) is 12.1. The van der Waals surface area contributed by atoms with Crippen LogP contribution in [0.25, 0.3) is 0 Å². The molecule has 0 saturated carbocycles. The lowest BCUT2D eigenvalue weighted by atomic mass is 10.2. The van der Waals surface area contributed by atoms with E-state index in [2.05, 4.69) is 15.6 Å². The largest absolute Gasteiger partial charge is 0.328 e. The molecular formula is C16H14N4O2S. The number of carbonyl (C=O) groups excluding carboxylic acids is 2. The summed E-state index contributed by atoms with van der Waals surface area (Å²) < 4.78 is 1.69. The Hall–Kier alpha value is -2.93. The fraction of sp³-hybridized carbons (Fsp3) is 0.0625. The number of rotatable bonds is 5. The van der Waals surface area contributed by atoms with E-state index in [0.29, 0.717) is 16.3 Å². The smallest absolute Gasteiger partial charge is 0.265 e. The van der Waals surface area contributed by atoms with E-state index in [1.165, 1.54) is 11.3 Å². The molecule has 0 spiro atoms. The van der Waals surface area contributed by atoms with Crippen LogP contribution in [-0.2, 0) is 11.3 Å². The number of imidazole rings is 1. The molecule has 0 aliphatic heterocycles. The van der Waals surface area contributed by atoms with Crippen molar-refractivity contribution in [2.75, 3.05) is 10.6 Å². The molecule has 0 unspecified atom stereocenters. The number of carbonyl (C=O) groups is 2. The van der Waals surface area contributed by atoms with Gasteiger partial charge in [-0.1, -0.05) is 6.07 Å². The van der Waals surface area contributed by atoms with Crippen LogP contribution in [0.1, 0.15) is 9.67 Å². The molecule has 3 rings (SSSR count). The summed E-state index contributed by atoms with van der Waals surface area (Å²) in [4.78, 5) is 28.3. The van der Waals surface area contributed by atoms with E-state index in [0.717, 1.165) is 0 Å². The van der Waals surface area contributed by atoms with E-state index in [1.54, 1.807) is 53.6 Å². The van der Waals surface area contributed by atoms with Crippen LogP contribution in [0.2, 0.25) is 0 Å². The van der Waals surface area contributed by atoms with Gasteiger partial charge in [-0.25, -0.2) is 4.98 Å². The summed E-state index contributed by atoms with van der Waals surface area (Å²) in [6.07, 6.45) is 4.93. The third-order valence-electron chi connectivity index (χ3n) is 3.06. The molecule has 2 aromatic heterocycles. The number of benzene rings is 1. The molecule has 6 nitrogen and oxygen atoms in total. The average molecular weight is 326 g/mol. The summed E-state index contributed by atoms with van der Waals surface area (Å²) in [5.74, 6) is -0.282. The van der Waals surface area contributed by atoms with Crippen molar-refractivity contribution in [1.82, 2.24) is 9.55 Å². The Morgan fingerprint density at radius 1 is 1.09 bits per heavy atom. The quantitative estimate of drug-likeness (QED) is 0.757. The lowest BCUT2D eigenvalue weighted by molar-refractivity contribution is -0.116. The Morgan fingerprint density at radius 3 is 2.43 bits per heavy atom. The Bertz CT molecular complexity index is 780. The van der Waals surface area contributed by atoms with E-state index >= 15 is 0 Å². The molecular weight excluding hydrogens is 312 g/mol. The molecule has 3 aromatic rings. The van der Waals surface area contributed by atoms with Crippen LogP contribution in [-0.4, -0.2) is 21.4 Å². The maximum Gasteiger partial charge on any atom is 0.265 e. The number of nitrogens with one attached hydrogen (secondary N) is 2. The first-order chi connectivity index (χ1) is 11.2. The van der Waals surface area contributed by atoms with Crippen LogP contribution in [0.5, 0.6) is 0 Å². The second kappa shape index (κ2) is 6.89. The zero-order valence-corrected chi connectivity index (χ0v) is 12.9. The lowest BCUT2D eigenvalue weighted by Gasteiger charge is -2.08. The number of hydrogen-bond donors (Lipinski definition) is 2. The van der Waals surface area contributed by atoms with Gasteiger partial charge in [0.25, 0.3) is 5.91 Å². The number of anilines is 2. The van der Waals surface area contributed by atoms with E-state index in [9.17, 15) is 9.59 Å². The van der Waals surface area contributed by atoms with Crippen LogP contribution in [0.3, 0.4) is 0 Å². The summed E-state index contributed by atoms with van der Waals surface area (Å²) in [6, 6.07) is 10.6. The molecule has 116 valence electrons. The molecule has 23 heavy (non-hydrogen) atoms. The third-order valence-corrected chi connectivity index (χ3v) is 3.93. The Kier molecular flexibility index (Phi) is 4.49. The normalized spacial score (nSPS) is 10.3. The van der Waals surface area contributed by atoms with Crippen molar-refractivity contribution in [2.45, 2.75) is 6.54 Å². The zero-order chi connectivity index (χ0) is 16.1. The monoisotopic (exact) mass is 326 g/mol. The summed E-state index contributed by atoms with van der Waals surface area (Å²) >= 11 is 1.39. The van der Waals surface area contributed by atoms with Crippen LogP contribution in [0.4, 0.5) is 11.4 Å². The van der Waals surface area contributed by atoms with E-state index in [1.807, 2.05) is 11.4 Å². The van der Waals surface area contributed by atoms with Gasteiger partial charge in [-0.3, -0.25) is 9.59 Å². The predicted octanol–water partition coefficient (Wildman–Crippen LogP) is 2.84. The first-order valence-electron chi connectivity index (χ1n) is 6.91. The number of thiophene rings is 1. The van der Waals surface area contributed by atoms with E-state index in [4.69, 9.17) is 0 Å². The summed E-state index contributed by atoms with van der Waals surface area (Å²) in [6.45, 7) is 0.205. The van der Waals surface area contributed by atoms with E-state index < -0.39 is 0 Å². The van der Waals surface area contributed by atoms with Gasteiger partial charge in [0, 0.05) is 23.8 Å². The molecule has 2 N–H and O–H groups in total. The molecule has 0 saturated heterocycles. The molecule has 2 amide bonds. The van der Waals surface area contributed by atoms with Gasteiger partial charge >= 0.3 is 0 Å². The van der Waals surface area contributed by atoms with Gasteiger partial charge in [0.2, 0.25) is 5.91 Å². The number of hydrogen-bond acceptors (Lipinski definition) is 4. The number of amides is 2. The molecule has 0 bridgehead atoms. The average Bonchev–Trinajstić information content (AvgIpc) is 3.22.